The Balaban J connectivity index is 1.59. The summed E-state index contributed by atoms with van der Waals surface area (Å²) in [5.41, 5.74) is 0.719. The molecule has 140 valence electrons. The molecule has 1 saturated heterocycles. The van der Waals surface area contributed by atoms with Gasteiger partial charge in [0.1, 0.15) is 15.8 Å². The Kier molecular flexibility index (Phi) is 7.01. The first kappa shape index (κ1) is 20.0. The van der Waals surface area contributed by atoms with Gasteiger partial charge in [0.25, 0.3) is 5.91 Å². The normalized spacial score (nSPS) is 15.1. The van der Waals surface area contributed by atoms with E-state index in [0.717, 1.165) is 5.56 Å². The van der Waals surface area contributed by atoms with E-state index in [-0.39, 0.29) is 5.91 Å². The van der Waals surface area contributed by atoms with Crippen LogP contribution in [0.3, 0.4) is 0 Å². The minimum atomic E-state index is -0.218. The van der Waals surface area contributed by atoms with Crippen LogP contribution in [-0.4, -0.2) is 23.4 Å². The minimum Gasteiger partial charge on any atom is -0.493 e. The van der Waals surface area contributed by atoms with Crippen molar-refractivity contribution >= 4 is 63.5 Å². The Morgan fingerprint density at radius 1 is 1.07 bits per heavy atom. The average molecular weight is 440 g/mol. The number of thioether (sulfide) groups is 1. The van der Waals surface area contributed by atoms with Gasteiger partial charge in [-0.2, -0.15) is 0 Å². The molecule has 1 fully saturated rings. The third-order valence-corrected chi connectivity index (χ3v) is 5.25. The predicted molar refractivity (Wildman–Crippen MR) is 115 cm³/mol. The van der Waals surface area contributed by atoms with Crippen LogP contribution in [0.25, 0.3) is 6.08 Å². The van der Waals surface area contributed by atoms with E-state index < -0.39 is 0 Å². The van der Waals surface area contributed by atoms with Gasteiger partial charge in [0, 0.05) is 17.0 Å². The largest absolute Gasteiger partial charge is 0.493 e. The van der Waals surface area contributed by atoms with Gasteiger partial charge >= 0.3 is 0 Å². The van der Waals surface area contributed by atoms with Crippen LogP contribution in [0.4, 0.5) is 0 Å². The van der Waals surface area contributed by atoms with Gasteiger partial charge < -0.3 is 14.8 Å². The van der Waals surface area contributed by atoms with Gasteiger partial charge in [-0.05, 0) is 36.4 Å². The Bertz CT molecular complexity index is 902. The molecule has 0 saturated carbocycles. The molecular formula is C19H15Cl2NO3S2. The number of carbonyl (C=O) groups excluding carboxylic acids is 1. The van der Waals surface area contributed by atoms with Crippen molar-refractivity contribution in [2.75, 3.05) is 13.2 Å². The van der Waals surface area contributed by atoms with E-state index in [2.05, 4.69) is 5.32 Å². The van der Waals surface area contributed by atoms with Crippen LogP contribution in [0, 0.1) is 0 Å². The Hall–Kier alpha value is -1.73. The summed E-state index contributed by atoms with van der Waals surface area (Å²) in [6, 6.07) is 12.6. The summed E-state index contributed by atoms with van der Waals surface area (Å²) in [6.45, 7) is 0.917. The maximum Gasteiger partial charge on any atom is 0.263 e. The number of ether oxygens (including phenoxy) is 2. The first-order chi connectivity index (χ1) is 13.0. The summed E-state index contributed by atoms with van der Waals surface area (Å²) in [5, 5.41) is 3.72. The molecule has 0 bridgehead atoms. The van der Waals surface area contributed by atoms with Crippen molar-refractivity contribution in [2.45, 2.75) is 6.42 Å². The summed E-state index contributed by atoms with van der Waals surface area (Å²) in [5.74, 6) is 1.07. The molecule has 1 amide bonds. The summed E-state index contributed by atoms with van der Waals surface area (Å²) < 4.78 is 11.9. The van der Waals surface area contributed by atoms with Crippen molar-refractivity contribution in [3.8, 4) is 11.5 Å². The third-order valence-electron chi connectivity index (χ3n) is 3.54. The van der Waals surface area contributed by atoms with Crippen molar-refractivity contribution in [1.82, 2.24) is 5.32 Å². The molecule has 27 heavy (non-hydrogen) atoms. The molecule has 0 aromatic heterocycles. The molecular weight excluding hydrogens is 425 g/mol. The van der Waals surface area contributed by atoms with Gasteiger partial charge in [0.15, 0.2) is 0 Å². The number of benzene rings is 2. The lowest BCUT2D eigenvalue weighted by atomic mass is 10.2. The van der Waals surface area contributed by atoms with Crippen LogP contribution in [0.2, 0.25) is 10.0 Å². The lowest BCUT2D eigenvalue weighted by Crippen LogP contribution is -2.17. The summed E-state index contributed by atoms with van der Waals surface area (Å²) in [7, 11) is 0. The SMILES string of the molecule is O=C1NC(=S)SC1=Cc1cc(Cl)ccc1OCCCOc1ccccc1Cl. The second-order valence-electron chi connectivity index (χ2n) is 5.52. The number of carbonyl (C=O) groups is 1. The molecule has 0 radical (unpaired) electrons. The number of halogens is 2. The van der Waals surface area contributed by atoms with Gasteiger partial charge in [-0.3, -0.25) is 4.79 Å². The van der Waals surface area contributed by atoms with Gasteiger partial charge in [-0.25, -0.2) is 0 Å². The second kappa shape index (κ2) is 9.46. The molecule has 4 nitrogen and oxygen atoms in total. The van der Waals surface area contributed by atoms with Gasteiger partial charge in [0.2, 0.25) is 0 Å². The second-order valence-corrected chi connectivity index (χ2v) is 8.08. The van der Waals surface area contributed by atoms with E-state index in [1.54, 1.807) is 30.3 Å². The monoisotopic (exact) mass is 439 g/mol. The number of thiocarbonyl (C=S) groups is 1. The van der Waals surface area contributed by atoms with E-state index in [9.17, 15) is 4.79 Å². The molecule has 1 N–H and O–H groups in total. The van der Waals surface area contributed by atoms with Crippen molar-refractivity contribution in [3.05, 3.63) is 63.0 Å². The molecule has 1 aliphatic rings. The summed E-state index contributed by atoms with van der Waals surface area (Å²) >= 11 is 18.4. The Labute approximate surface area is 176 Å². The summed E-state index contributed by atoms with van der Waals surface area (Å²) in [4.78, 5) is 12.4. The highest BCUT2D eigenvalue weighted by Crippen LogP contribution is 2.31. The van der Waals surface area contributed by atoms with Crippen molar-refractivity contribution < 1.29 is 14.3 Å². The van der Waals surface area contributed by atoms with E-state index in [0.29, 0.717) is 50.4 Å². The smallest absolute Gasteiger partial charge is 0.263 e. The van der Waals surface area contributed by atoms with Crippen LogP contribution in [0.15, 0.2) is 47.4 Å². The lowest BCUT2D eigenvalue weighted by molar-refractivity contribution is -0.115. The zero-order valence-corrected chi connectivity index (χ0v) is 17.2. The third kappa shape index (κ3) is 5.62. The Morgan fingerprint density at radius 2 is 1.81 bits per heavy atom. The number of nitrogens with one attached hydrogen (secondary N) is 1. The summed E-state index contributed by atoms with van der Waals surface area (Å²) in [6.07, 6.45) is 2.39. The average Bonchev–Trinajstić information content (AvgIpc) is 2.95. The van der Waals surface area contributed by atoms with Gasteiger partial charge in [0.05, 0.1) is 23.1 Å². The van der Waals surface area contributed by atoms with Crippen LogP contribution in [-0.2, 0) is 4.79 Å². The molecule has 2 aromatic carbocycles. The van der Waals surface area contributed by atoms with Crippen molar-refractivity contribution in [3.63, 3.8) is 0 Å². The number of para-hydroxylation sites is 1. The Morgan fingerprint density at radius 3 is 2.52 bits per heavy atom. The number of amides is 1. The molecule has 0 atom stereocenters. The predicted octanol–water partition coefficient (Wildman–Crippen LogP) is 5.33. The molecule has 1 heterocycles. The van der Waals surface area contributed by atoms with Crippen molar-refractivity contribution in [2.24, 2.45) is 0 Å². The first-order valence-corrected chi connectivity index (χ1v) is 10.1. The lowest BCUT2D eigenvalue weighted by Gasteiger charge is -2.11. The van der Waals surface area contributed by atoms with Crippen LogP contribution in [0.5, 0.6) is 11.5 Å². The van der Waals surface area contributed by atoms with E-state index >= 15 is 0 Å². The highest BCUT2D eigenvalue weighted by molar-refractivity contribution is 8.26. The maximum atomic E-state index is 11.9. The fourth-order valence-corrected chi connectivity index (χ4v) is 3.72. The molecule has 3 rings (SSSR count). The van der Waals surface area contributed by atoms with E-state index in [4.69, 9.17) is 44.9 Å². The fourth-order valence-electron chi connectivity index (χ4n) is 2.31. The van der Waals surface area contributed by atoms with Gasteiger partial charge in [-0.15, -0.1) is 0 Å². The highest BCUT2D eigenvalue weighted by atomic mass is 35.5. The van der Waals surface area contributed by atoms with Crippen molar-refractivity contribution in [1.29, 1.82) is 0 Å². The van der Waals surface area contributed by atoms with E-state index in [1.807, 2.05) is 18.2 Å². The zero-order chi connectivity index (χ0) is 19.2. The number of hydrogen-bond acceptors (Lipinski definition) is 5. The number of hydrogen-bond donors (Lipinski definition) is 1. The minimum absolute atomic E-state index is 0.218. The molecule has 0 spiro atoms. The zero-order valence-electron chi connectivity index (χ0n) is 14.0. The van der Waals surface area contributed by atoms with Crippen LogP contribution >= 0.6 is 47.2 Å². The topological polar surface area (TPSA) is 47.6 Å². The fraction of sp³-hybridized carbons (Fsp3) is 0.158. The maximum absolute atomic E-state index is 11.9. The molecule has 8 heteroatoms. The standard InChI is InChI=1S/C19H15Cl2NO3S2/c20-13-6-7-15(12(10-13)11-17-18(23)22-19(26)27-17)24-8-3-9-25-16-5-2-1-4-14(16)21/h1-2,4-7,10-11H,3,8-9H2,(H,22,23,26). The first-order valence-electron chi connectivity index (χ1n) is 8.07. The van der Waals surface area contributed by atoms with Crippen LogP contribution < -0.4 is 14.8 Å². The molecule has 1 aliphatic heterocycles. The molecule has 0 aliphatic carbocycles. The van der Waals surface area contributed by atoms with E-state index in [1.165, 1.54) is 11.8 Å². The number of rotatable bonds is 7. The van der Waals surface area contributed by atoms with Crippen LogP contribution in [0.1, 0.15) is 12.0 Å². The quantitative estimate of drug-likeness (QED) is 0.358. The molecule has 0 unspecified atom stereocenters. The molecule has 2 aromatic rings. The highest BCUT2D eigenvalue weighted by Gasteiger charge is 2.22. The van der Waals surface area contributed by atoms with Gasteiger partial charge in [-0.1, -0.05) is 59.3 Å².